The molecule has 0 aliphatic heterocycles. The van der Waals surface area contributed by atoms with Crippen molar-refractivity contribution in [3.8, 4) is 5.75 Å². The molecule has 1 aliphatic carbocycles. The van der Waals surface area contributed by atoms with Gasteiger partial charge < -0.3 is 15.2 Å². The highest BCUT2D eigenvalue weighted by Crippen LogP contribution is 2.31. The Morgan fingerprint density at radius 3 is 2.60 bits per heavy atom. The van der Waals surface area contributed by atoms with E-state index in [9.17, 15) is 27.9 Å². The average molecular weight is 427 g/mol. The number of halogens is 3. The number of amides is 1. The van der Waals surface area contributed by atoms with Gasteiger partial charge in [-0.3, -0.25) is 9.59 Å². The van der Waals surface area contributed by atoms with Gasteiger partial charge in [0, 0.05) is 11.4 Å². The minimum atomic E-state index is -4.47. The van der Waals surface area contributed by atoms with Crippen LogP contribution >= 0.6 is 0 Å². The summed E-state index contributed by atoms with van der Waals surface area (Å²) in [5, 5.41) is 17.4. The van der Waals surface area contributed by atoms with Crippen LogP contribution < -0.4 is 15.6 Å². The predicted octanol–water partition coefficient (Wildman–Crippen LogP) is 2.49. The van der Waals surface area contributed by atoms with Crippen molar-refractivity contribution < 1.29 is 27.8 Å². The quantitative estimate of drug-likeness (QED) is 0.739. The van der Waals surface area contributed by atoms with Gasteiger partial charge in [0.2, 0.25) is 5.91 Å². The van der Waals surface area contributed by atoms with Gasteiger partial charge in [0.1, 0.15) is 12.3 Å². The van der Waals surface area contributed by atoms with Crippen molar-refractivity contribution >= 4 is 16.7 Å². The number of hydrogen-bond donors (Lipinski definition) is 2. The van der Waals surface area contributed by atoms with Crippen LogP contribution in [0.4, 0.5) is 13.2 Å². The van der Waals surface area contributed by atoms with E-state index in [4.69, 9.17) is 4.74 Å². The molecular weight excluding hydrogens is 403 g/mol. The highest BCUT2D eigenvalue weighted by atomic mass is 19.4. The van der Waals surface area contributed by atoms with Crippen molar-refractivity contribution in [1.82, 2.24) is 15.1 Å². The first-order valence-corrected chi connectivity index (χ1v) is 9.61. The third kappa shape index (κ3) is 5.10. The highest BCUT2D eigenvalue weighted by molar-refractivity contribution is 5.86. The van der Waals surface area contributed by atoms with E-state index in [0.29, 0.717) is 23.9 Å². The van der Waals surface area contributed by atoms with Gasteiger partial charge in [-0.1, -0.05) is 13.8 Å². The fourth-order valence-corrected chi connectivity index (χ4v) is 3.59. The van der Waals surface area contributed by atoms with E-state index in [1.807, 2.05) is 13.8 Å². The van der Waals surface area contributed by atoms with Crippen LogP contribution in [-0.4, -0.2) is 45.2 Å². The summed E-state index contributed by atoms with van der Waals surface area (Å²) in [6.45, 7) is 3.62. The minimum Gasteiger partial charge on any atom is -0.484 e. The van der Waals surface area contributed by atoms with Crippen molar-refractivity contribution in [2.75, 3.05) is 6.61 Å². The number of aliphatic hydroxyl groups is 1. The monoisotopic (exact) mass is 427 g/mol. The van der Waals surface area contributed by atoms with Crippen molar-refractivity contribution in [3.05, 3.63) is 34.2 Å². The summed E-state index contributed by atoms with van der Waals surface area (Å²) in [6.07, 6.45) is -3.59. The first-order chi connectivity index (χ1) is 13.8. The number of rotatable bonds is 6. The second kappa shape index (κ2) is 7.90. The number of alkyl halides is 3. The topological polar surface area (TPSA) is 93.5 Å². The maximum absolute atomic E-state index is 12.8. The molecule has 164 valence electrons. The van der Waals surface area contributed by atoms with Crippen LogP contribution in [0.1, 0.15) is 45.2 Å². The molecule has 2 aromatic rings. The lowest BCUT2D eigenvalue weighted by molar-refractivity contribution is -0.153. The fourth-order valence-electron chi connectivity index (χ4n) is 3.59. The van der Waals surface area contributed by atoms with Gasteiger partial charge in [0.05, 0.1) is 16.7 Å². The van der Waals surface area contributed by atoms with Crippen LogP contribution in [0, 0.1) is 0 Å². The molecule has 1 fully saturated rings. The van der Waals surface area contributed by atoms with Crippen LogP contribution in [0.2, 0.25) is 0 Å². The van der Waals surface area contributed by atoms with Gasteiger partial charge in [0.15, 0.2) is 6.61 Å². The Morgan fingerprint density at radius 2 is 2.03 bits per heavy atom. The Balaban J connectivity index is 1.86. The summed E-state index contributed by atoms with van der Waals surface area (Å²) in [7, 11) is 0. The maximum Gasteiger partial charge on any atom is 0.422 e. The van der Waals surface area contributed by atoms with E-state index in [-0.39, 0.29) is 29.6 Å². The molecule has 2 N–H and O–H groups in total. The summed E-state index contributed by atoms with van der Waals surface area (Å²) in [5.74, 6) is -0.568. The van der Waals surface area contributed by atoms with Crippen LogP contribution in [-0.2, 0) is 11.3 Å². The lowest BCUT2D eigenvalue weighted by Gasteiger charge is -2.41. The number of nitrogens with one attached hydrogen (secondary N) is 1. The second-order valence-corrected chi connectivity index (χ2v) is 8.28. The molecule has 1 saturated carbocycles. The maximum atomic E-state index is 12.8. The Hall–Kier alpha value is -2.62. The molecule has 7 nitrogen and oxygen atoms in total. The number of fused-ring (bicyclic) bond motifs is 1. The molecular formula is C20H24F3N3O4. The fraction of sp³-hybridized carbons (Fsp3) is 0.550. The van der Waals surface area contributed by atoms with Gasteiger partial charge in [-0.2, -0.15) is 18.3 Å². The van der Waals surface area contributed by atoms with Crippen molar-refractivity contribution in [2.45, 2.75) is 63.9 Å². The summed E-state index contributed by atoms with van der Waals surface area (Å²) < 4.78 is 43.1. The van der Waals surface area contributed by atoms with E-state index in [0.717, 1.165) is 4.68 Å². The second-order valence-electron chi connectivity index (χ2n) is 8.28. The number of ether oxygens (including phenoxy) is 1. The summed E-state index contributed by atoms with van der Waals surface area (Å²) in [5.41, 5.74) is -0.832. The van der Waals surface area contributed by atoms with Gasteiger partial charge in [-0.25, -0.2) is 4.68 Å². The first kappa shape index (κ1) is 22.1. The normalized spacial score (nSPS) is 21.5. The predicted molar refractivity (Wildman–Crippen MR) is 103 cm³/mol. The van der Waals surface area contributed by atoms with E-state index in [1.165, 1.54) is 18.2 Å². The summed E-state index contributed by atoms with van der Waals surface area (Å²) >= 11 is 0. The van der Waals surface area contributed by atoms with Crippen LogP contribution in [0.25, 0.3) is 10.8 Å². The summed E-state index contributed by atoms with van der Waals surface area (Å²) in [4.78, 5) is 25.1. The molecule has 0 unspecified atom stereocenters. The van der Waals surface area contributed by atoms with E-state index in [1.54, 1.807) is 6.92 Å². The minimum absolute atomic E-state index is 0.0181. The van der Waals surface area contributed by atoms with Gasteiger partial charge in [-0.15, -0.1) is 0 Å². The zero-order valence-electron chi connectivity index (χ0n) is 16.9. The highest BCUT2D eigenvalue weighted by Gasteiger charge is 2.39. The third-order valence-corrected chi connectivity index (χ3v) is 4.94. The number of carbonyl (C=O) groups excluding carboxylic acids is 1. The molecule has 1 aliphatic rings. The number of hydrogen-bond acceptors (Lipinski definition) is 5. The lowest BCUT2D eigenvalue weighted by Crippen LogP contribution is -2.54. The van der Waals surface area contributed by atoms with Gasteiger partial charge in [-0.05, 0) is 43.9 Å². The Morgan fingerprint density at radius 1 is 1.37 bits per heavy atom. The van der Waals surface area contributed by atoms with Crippen LogP contribution in [0.5, 0.6) is 5.75 Å². The molecule has 0 atom stereocenters. The van der Waals surface area contributed by atoms with Crippen molar-refractivity contribution in [3.63, 3.8) is 0 Å². The molecule has 3 rings (SSSR count). The van der Waals surface area contributed by atoms with E-state index >= 15 is 0 Å². The molecule has 0 saturated heterocycles. The largest absolute Gasteiger partial charge is 0.484 e. The van der Waals surface area contributed by atoms with Crippen LogP contribution in [0.3, 0.4) is 0 Å². The summed E-state index contributed by atoms with van der Waals surface area (Å²) in [6, 6.07) is 3.89. The first-order valence-electron chi connectivity index (χ1n) is 9.61. The molecule has 30 heavy (non-hydrogen) atoms. The molecule has 0 bridgehead atoms. The SMILES string of the molecule is CC(C)c1nn(CC(=O)N[C@H]2C[C@@](C)(O)C2)c(=O)c2ccc(OCC(F)(F)F)cc12. The Labute approximate surface area is 170 Å². The average Bonchev–Trinajstić information content (AvgIpc) is 2.59. The Kier molecular flexibility index (Phi) is 5.81. The van der Waals surface area contributed by atoms with Crippen molar-refractivity contribution in [2.24, 2.45) is 0 Å². The number of aromatic nitrogens is 2. The lowest BCUT2D eigenvalue weighted by atomic mass is 9.77. The van der Waals surface area contributed by atoms with E-state index in [2.05, 4.69) is 10.4 Å². The van der Waals surface area contributed by atoms with E-state index < -0.39 is 29.9 Å². The molecule has 1 aromatic carbocycles. The molecule has 10 heteroatoms. The molecule has 0 radical (unpaired) electrons. The smallest absolute Gasteiger partial charge is 0.422 e. The Bertz CT molecular complexity index is 1010. The van der Waals surface area contributed by atoms with Gasteiger partial charge in [0.25, 0.3) is 5.56 Å². The molecule has 1 heterocycles. The van der Waals surface area contributed by atoms with Crippen LogP contribution in [0.15, 0.2) is 23.0 Å². The zero-order valence-corrected chi connectivity index (χ0v) is 16.9. The molecule has 0 spiro atoms. The number of nitrogens with zero attached hydrogens (tertiary/aromatic N) is 2. The van der Waals surface area contributed by atoms with Crippen molar-refractivity contribution in [1.29, 1.82) is 0 Å². The third-order valence-electron chi connectivity index (χ3n) is 4.94. The molecule has 1 aromatic heterocycles. The zero-order chi connectivity index (χ0) is 22.3. The number of benzene rings is 1. The number of carbonyl (C=O) groups is 1. The molecule has 1 amide bonds. The van der Waals surface area contributed by atoms with Gasteiger partial charge >= 0.3 is 6.18 Å². The standard InChI is InChI=1S/C20H24F3N3O4/c1-11(2)17-15-6-13(30-10-20(21,22)23)4-5-14(15)18(28)26(25-17)9-16(27)24-12-7-19(3,29)8-12/h4-6,11-12,29H,7-10H2,1-3H3,(H,24,27)/t12-,19+.